The van der Waals surface area contributed by atoms with E-state index in [1.165, 1.54) is 33.4 Å². The van der Waals surface area contributed by atoms with E-state index < -0.39 is 43.3 Å². The van der Waals surface area contributed by atoms with Crippen LogP contribution in [0.2, 0.25) is 0 Å². The van der Waals surface area contributed by atoms with E-state index in [4.69, 9.17) is 9.26 Å². The summed E-state index contributed by atoms with van der Waals surface area (Å²) in [6.07, 6.45) is 0.207. The lowest BCUT2D eigenvalue weighted by Gasteiger charge is -2.28. The Labute approximate surface area is 212 Å². The molecule has 36 heavy (non-hydrogen) atoms. The van der Waals surface area contributed by atoms with Crippen LogP contribution in [0.4, 0.5) is 0 Å². The molecule has 0 radical (unpaired) electrons. The number of imide groups is 1. The third-order valence-electron chi connectivity index (χ3n) is 6.08. The van der Waals surface area contributed by atoms with Gasteiger partial charge in [-0.05, 0) is 42.9 Å². The molecule has 0 spiro atoms. The van der Waals surface area contributed by atoms with Crippen molar-refractivity contribution < 1.29 is 33.0 Å². The Morgan fingerprint density at radius 1 is 0.972 bits per heavy atom. The van der Waals surface area contributed by atoms with E-state index in [-0.39, 0.29) is 35.0 Å². The molecular weight excluding hydrogens is 485 g/mol. The van der Waals surface area contributed by atoms with Crippen molar-refractivity contribution in [2.75, 3.05) is 33.7 Å². The molecule has 11 heteroatoms. The van der Waals surface area contributed by atoms with Crippen molar-refractivity contribution in [3.05, 3.63) is 29.3 Å². The first kappa shape index (κ1) is 29.5. The zero-order valence-electron chi connectivity index (χ0n) is 22.1. The molecule has 0 saturated carbocycles. The molecule has 3 atom stereocenters. The summed E-state index contributed by atoms with van der Waals surface area (Å²) in [6, 6.07) is 3.81. The molecule has 0 fully saturated rings. The predicted octanol–water partition coefficient (Wildman–Crippen LogP) is 3.11. The van der Waals surface area contributed by atoms with E-state index in [0.29, 0.717) is 18.6 Å². The molecule has 0 bridgehead atoms. The van der Waals surface area contributed by atoms with Crippen molar-refractivity contribution >= 4 is 31.0 Å². The number of ether oxygens (including phenoxy) is 1. The molecule has 0 aromatic heterocycles. The normalized spacial score (nSPS) is 16.5. The van der Waals surface area contributed by atoms with Gasteiger partial charge in [-0.2, -0.15) is 0 Å². The molecule has 0 aliphatic carbocycles. The number of rotatable bonds is 13. The van der Waals surface area contributed by atoms with Crippen LogP contribution in [0.25, 0.3) is 0 Å². The van der Waals surface area contributed by atoms with Gasteiger partial charge in [-0.1, -0.05) is 27.7 Å². The summed E-state index contributed by atoms with van der Waals surface area (Å²) in [5.41, 5.74) is 0.364. The Balaban J connectivity index is 2.26. The van der Waals surface area contributed by atoms with Crippen LogP contribution in [0, 0.1) is 17.8 Å². The van der Waals surface area contributed by atoms with Crippen LogP contribution in [0.5, 0.6) is 5.75 Å². The molecule has 200 valence electrons. The number of hydrogen-bond acceptors (Lipinski definition) is 7. The molecule has 1 aromatic rings. The summed E-state index contributed by atoms with van der Waals surface area (Å²) in [7, 11) is 0.559. The van der Waals surface area contributed by atoms with Crippen LogP contribution in [-0.2, 0) is 18.7 Å². The Morgan fingerprint density at radius 3 is 2.11 bits per heavy atom. The number of hydrogen-bond donors (Lipinski definition) is 2. The molecule has 2 N–H and O–H groups in total. The van der Waals surface area contributed by atoms with Gasteiger partial charge in [0.25, 0.3) is 11.8 Å². The zero-order valence-corrected chi connectivity index (χ0v) is 23.0. The lowest BCUT2D eigenvalue weighted by Crippen LogP contribution is -2.49. The maximum atomic E-state index is 13.8. The SMILES string of the molecule is CNC(=O)[C@H](CC(C)C)NC(=O)C(CC(C)C)CP(=O)(CN1C(=O)c2ccc(OC)cc2C1=O)OC. The predicted molar refractivity (Wildman–Crippen MR) is 136 cm³/mol. The number of likely N-dealkylation sites (N-methyl/N-ethyl adjacent to an activating group) is 1. The van der Waals surface area contributed by atoms with Gasteiger partial charge in [0.05, 0.1) is 18.2 Å². The minimum atomic E-state index is -3.65. The first-order valence-electron chi connectivity index (χ1n) is 12.1. The zero-order chi connectivity index (χ0) is 27.2. The largest absolute Gasteiger partial charge is 0.497 e. The van der Waals surface area contributed by atoms with Crippen molar-refractivity contribution in [3.63, 3.8) is 0 Å². The molecule has 4 amide bonds. The number of nitrogens with zero attached hydrogens (tertiary/aromatic N) is 1. The van der Waals surface area contributed by atoms with Crippen LogP contribution in [0.3, 0.4) is 0 Å². The maximum Gasteiger partial charge on any atom is 0.262 e. The molecule has 2 unspecified atom stereocenters. The van der Waals surface area contributed by atoms with Crippen molar-refractivity contribution in [1.29, 1.82) is 0 Å². The number of fused-ring (bicyclic) bond motifs is 1. The van der Waals surface area contributed by atoms with Crippen molar-refractivity contribution in [3.8, 4) is 5.75 Å². The summed E-state index contributed by atoms with van der Waals surface area (Å²) in [5, 5.41) is 5.37. The maximum absolute atomic E-state index is 13.8. The van der Waals surface area contributed by atoms with E-state index in [2.05, 4.69) is 10.6 Å². The van der Waals surface area contributed by atoms with Crippen molar-refractivity contribution in [2.45, 2.75) is 46.6 Å². The van der Waals surface area contributed by atoms with E-state index in [0.717, 1.165) is 4.90 Å². The molecule has 2 rings (SSSR count). The van der Waals surface area contributed by atoms with Crippen molar-refractivity contribution in [1.82, 2.24) is 15.5 Å². The monoisotopic (exact) mass is 523 g/mol. The van der Waals surface area contributed by atoms with E-state index in [1.54, 1.807) is 6.07 Å². The van der Waals surface area contributed by atoms with Crippen molar-refractivity contribution in [2.24, 2.45) is 17.8 Å². The summed E-state index contributed by atoms with van der Waals surface area (Å²) in [5.74, 6) is -1.96. The highest BCUT2D eigenvalue weighted by Crippen LogP contribution is 2.50. The molecular formula is C25H38N3O7P. The lowest BCUT2D eigenvalue weighted by molar-refractivity contribution is -0.131. The average molecular weight is 524 g/mol. The fourth-order valence-corrected chi connectivity index (χ4v) is 6.32. The molecule has 1 heterocycles. The third kappa shape index (κ3) is 7.17. The van der Waals surface area contributed by atoms with Crippen LogP contribution >= 0.6 is 7.37 Å². The molecule has 10 nitrogen and oxygen atoms in total. The fourth-order valence-electron chi connectivity index (χ4n) is 4.27. The van der Waals surface area contributed by atoms with Gasteiger partial charge >= 0.3 is 0 Å². The van der Waals surface area contributed by atoms with Gasteiger partial charge in [0.15, 0.2) is 0 Å². The summed E-state index contributed by atoms with van der Waals surface area (Å²) < 4.78 is 24.3. The van der Waals surface area contributed by atoms with E-state index in [9.17, 15) is 23.7 Å². The van der Waals surface area contributed by atoms with Gasteiger partial charge in [0, 0.05) is 26.2 Å². The second-order valence-corrected chi connectivity index (χ2v) is 12.5. The highest BCUT2D eigenvalue weighted by molar-refractivity contribution is 7.59. The van der Waals surface area contributed by atoms with Gasteiger partial charge < -0.3 is 19.9 Å². The van der Waals surface area contributed by atoms with Gasteiger partial charge in [0.2, 0.25) is 19.2 Å². The number of nitrogens with one attached hydrogen (secondary N) is 2. The minimum Gasteiger partial charge on any atom is -0.497 e. The number of benzene rings is 1. The van der Waals surface area contributed by atoms with Crippen LogP contribution in [0.1, 0.15) is 61.3 Å². The Kier molecular flexibility index (Phi) is 10.3. The van der Waals surface area contributed by atoms with Gasteiger partial charge in [-0.15, -0.1) is 0 Å². The van der Waals surface area contributed by atoms with Gasteiger partial charge in [-0.25, -0.2) is 0 Å². The first-order chi connectivity index (χ1) is 16.8. The number of carbonyl (C=O) groups is 4. The quantitative estimate of drug-likeness (QED) is 0.300. The molecule has 0 saturated heterocycles. The fraction of sp³-hybridized carbons (Fsp3) is 0.600. The van der Waals surface area contributed by atoms with Gasteiger partial charge in [-0.3, -0.25) is 28.6 Å². The lowest BCUT2D eigenvalue weighted by atomic mass is 9.96. The smallest absolute Gasteiger partial charge is 0.262 e. The second-order valence-electron chi connectivity index (χ2n) is 9.90. The highest BCUT2D eigenvalue weighted by atomic mass is 31.2. The Morgan fingerprint density at radius 2 is 1.58 bits per heavy atom. The number of amides is 4. The van der Waals surface area contributed by atoms with E-state index >= 15 is 0 Å². The van der Waals surface area contributed by atoms with Crippen LogP contribution < -0.4 is 15.4 Å². The van der Waals surface area contributed by atoms with E-state index in [1.807, 2.05) is 27.7 Å². The first-order valence-corrected chi connectivity index (χ1v) is 14.0. The molecule has 1 aliphatic rings. The van der Waals surface area contributed by atoms with Crippen LogP contribution in [-0.4, -0.2) is 68.3 Å². The minimum absolute atomic E-state index is 0.0846. The number of carbonyl (C=O) groups excluding carboxylic acids is 4. The summed E-state index contributed by atoms with van der Waals surface area (Å²) >= 11 is 0. The second kappa shape index (κ2) is 12.5. The summed E-state index contributed by atoms with van der Waals surface area (Å²) in [4.78, 5) is 52.4. The third-order valence-corrected chi connectivity index (χ3v) is 8.46. The van der Waals surface area contributed by atoms with Gasteiger partial charge in [0.1, 0.15) is 18.1 Å². The number of methoxy groups -OCH3 is 1. The average Bonchev–Trinajstić information content (AvgIpc) is 3.05. The van der Waals surface area contributed by atoms with Crippen LogP contribution in [0.15, 0.2) is 18.2 Å². The molecule has 1 aliphatic heterocycles. The Bertz CT molecular complexity index is 1040. The topological polar surface area (TPSA) is 131 Å². The Hall–Kier alpha value is -2.71. The standard InChI is InChI=1S/C25H38N3O7P/c1-15(2)10-17(22(29)27-21(11-16(3)4)23(30)26-5)13-36(33,35-7)14-28-24(31)19-9-8-18(34-6)12-20(19)25(28)32/h8-9,12,15-17,21H,10-11,13-14H2,1-7H3,(H,26,30)(H,27,29)/t17?,21-,36?/m0/s1. The molecule has 1 aromatic carbocycles. The summed E-state index contributed by atoms with van der Waals surface area (Å²) in [6.45, 7) is 7.76. The highest BCUT2D eigenvalue weighted by Gasteiger charge is 2.42.